The van der Waals surface area contributed by atoms with Gasteiger partial charge in [-0.25, -0.2) is 4.79 Å². The molecule has 1 aliphatic heterocycles. The van der Waals surface area contributed by atoms with Crippen molar-refractivity contribution in [3.63, 3.8) is 0 Å². The molecule has 5 nitrogen and oxygen atoms in total. The number of carboxylic acids is 1. The second-order valence-electron chi connectivity index (χ2n) is 4.91. The van der Waals surface area contributed by atoms with Crippen molar-refractivity contribution >= 4 is 11.9 Å². The zero-order valence-corrected chi connectivity index (χ0v) is 10.5. The number of carbonyl (C=O) groups excluding carboxylic acids is 1. The first-order valence-corrected chi connectivity index (χ1v) is 6.24. The molecule has 2 heterocycles. The normalized spacial score (nSPS) is 19.8. The fourth-order valence-corrected chi connectivity index (χ4v) is 2.41. The van der Waals surface area contributed by atoms with Gasteiger partial charge in [0.1, 0.15) is 12.2 Å². The Bertz CT molecular complexity index is 453. The third-order valence-corrected chi connectivity index (χ3v) is 3.36. The van der Waals surface area contributed by atoms with Gasteiger partial charge in [-0.3, -0.25) is 4.79 Å². The minimum absolute atomic E-state index is 0.000231. The molecule has 0 aromatic carbocycles. The largest absolute Gasteiger partial charge is 0.477 e. The van der Waals surface area contributed by atoms with Crippen LogP contribution in [0.3, 0.4) is 0 Å². The Balaban J connectivity index is 2.02. The Kier molecular flexibility index (Phi) is 3.69. The first-order chi connectivity index (χ1) is 8.58. The lowest BCUT2D eigenvalue weighted by Crippen LogP contribution is -2.41. The average molecular weight is 250 g/mol. The molecule has 1 aliphatic rings. The van der Waals surface area contributed by atoms with Crippen LogP contribution in [0, 0.1) is 5.92 Å². The molecule has 18 heavy (non-hydrogen) atoms. The Morgan fingerprint density at radius 3 is 2.94 bits per heavy atom. The molecule has 2 rings (SSSR count). The lowest BCUT2D eigenvalue weighted by molar-refractivity contribution is -0.133. The SMILES string of the molecule is CC1CCCN(C(=O)Cn2cccc2C(=O)O)C1. The molecule has 0 aliphatic carbocycles. The summed E-state index contributed by atoms with van der Waals surface area (Å²) in [7, 11) is 0. The van der Waals surface area contributed by atoms with Gasteiger partial charge in [0.15, 0.2) is 0 Å². The number of likely N-dealkylation sites (tertiary alicyclic amines) is 1. The van der Waals surface area contributed by atoms with Crippen LogP contribution in [0.5, 0.6) is 0 Å². The predicted molar refractivity (Wildman–Crippen MR) is 66.4 cm³/mol. The summed E-state index contributed by atoms with van der Waals surface area (Å²) in [5.41, 5.74) is 0.161. The quantitative estimate of drug-likeness (QED) is 0.883. The van der Waals surface area contributed by atoms with E-state index < -0.39 is 5.97 Å². The second kappa shape index (κ2) is 5.25. The zero-order chi connectivity index (χ0) is 13.1. The number of carboxylic acid groups (broad SMARTS) is 1. The molecule has 1 unspecified atom stereocenters. The third-order valence-electron chi connectivity index (χ3n) is 3.36. The lowest BCUT2D eigenvalue weighted by Gasteiger charge is -2.31. The van der Waals surface area contributed by atoms with Crippen molar-refractivity contribution in [2.45, 2.75) is 26.3 Å². The molecule has 1 aromatic heterocycles. The summed E-state index contributed by atoms with van der Waals surface area (Å²) < 4.78 is 1.49. The van der Waals surface area contributed by atoms with Gasteiger partial charge in [-0.05, 0) is 30.9 Å². The molecule has 0 spiro atoms. The van der Waals surface area contributed by atoms with Crippen molar-refractivity contribution in [2.24, 2.45) is 5.92 Å². The molecule has 1 amide bonds. The van der Waals surface area contributed by atoms with Gasteiger partial charge in [-0.1, -0.05) is 6.92 Å². The first kappa shape index (κ1) is 12.7. The van der Waals surface area contributed by atoms with E-state index >= 15 is 0 Å². The van der Waals surface area contributed by atoms with Crippen molar-refractivity contribution in [3.05, 3.63) is 24.0 Å². The molecule has 1 aromatic rings. The predicted octanol–water partition coefficient (Wildman–Crippen LogP) is 1.44. The Morgan fingerprint density at radius 1 is 1.50 bits per heavy atom. The highest BCUT2D eigenvalue weighted by Gasteiger charge is 2.22. The summed E-state index contributed by atoms with van der Waals surface area (Å²) in [6.07, 6.45) is 3.83. The first-order valence-electron chi connectivity index (χ1n) is 6.24. The number of rotatable bonds is 3. The maximum absolute atomic E-state index is 12.1. The molecule has 0 saturated carbocycles. The number of piperidine rings is 1. The average Bonchev–Trinajstić information content (AvgIpc) is 2.77. The Morgan fingerprint density at radius 2 is 2.28 bits per heavy atom. The Hall–Kier alpha value is -1.78. The minimum atomic E-state index is -1.00. The van der Waals surface area contributed by atoms with E-state index in [-0.39, 0.29) is 18.1 Å². The van der Waals surface area contributed by atoms with Gasteiger partial charge >= 0.3 is 5.97 Å². The van der Waals surface area contributed by atoms with Crippen molar-refractivity contribution in [1.29, 1.82) is 0 Å². The van der Waals surface area contributed by atoms with E-state index in [9.17, 15) is 9.59 Å². The van der Waals surface area contributed by atoms with Crippen molar-refractivity contribution in [2.75, 3.05) is 13.1 Å². The van der Waals surface area contributed by atoms with Crippen LogP contribution in [0.25, 0.3) is 0 Å². The van der Waals surface area contributed by atoms with Gasteiger partial charge in [-0.15, -0.1) is 0 Å². The summed E-state index contributed by atoms with van der Waals surface area (Å²) in [6.45, 7) is 3.81. The van der Waals surface area contributed by atoms with Gasteiger partial charge < -0.3 is 14.6 Å². The number of carbonyl (C=O) groups is 2. The number of hydrogen-bond donors (Lipinski definition) is 1. The fraction of sp³-hybridized carbons (Fsp3) is 0.538. The molecule has 98 valence electrons. The van der Waals surface area contributed by atoms with E-state index in [4.69, 9.17) is 5.11 Å². The van der Waals surface area contributed by atoms with Crippen molar-refractivity contribution < 1.29 is 14.7 Å². The zero-order valence-electron chi connectivity index (χ0n) is 10.5. The number of aromatic nitrogens is 1. The lowest BCUT2D eigenvalue weighted by atomic mass is 10.0. The number of aromatic carboxylic acids is 1. The van der Waals surface area contributed by atoms with Crippen LogP contribution in [0.4, 0.5) is 0 Å². The van der Waals surface area contributed by atoms with E-state index in [0.717, 1.165) is 25.9 Å². The van der Waals surface area contributed by atoms with E-state index in [1.807, 2.05) is 4.90 Å². The van der Waals surface area contributed by atoms with Crippen LogP contribution in [0.1, 0.15) is 30.3 Å². The Labute approximate surface area is 106 Å². The van der Waals surface area contributed by atoms with Crippen molar-refractivity contribution in [3.8, 4) is 0 Å². The van der Waals surface area contributed by atoms with Gasteiger partial charge in [0.2, 0.25) is 5.91 Å². The molecule has 0 radical (unpaired) electrons. The highest BCUT2D eigenvalue weighted by Crippen LogP contribution is 2.16. The summed E-state index contributed by atoms with van der Waals surface area (Å²) in [4.78, 5) is 24.9. The fourth-order valence-electron chi connectivity index (χ4n) is 2.41. The summed E-state index contributed by atoms with van der Waals surface area (Å²) in [5.74, 6) is -0.466. The smallest absolute Gasteiger partial charge is 0.352 e. The van der Waals surface area contributed by atoms with Crippen LogP contribution in [0.15, 0.2) is 18.3 Å². The summed E-state index contributed by atoms with van der Waals surface area (Å²) in [6, 6.07) is 3.16. The second-order valence-corrected chi connectivity index (χ2v) is 4.91. The molecule has 5 heteroatoms. The molecular formula is C13H18N2O3. The monoisotopic (exact) mass is 250 g/mol. The third kappa shape index (κ3) is 2.72. The van der Waals surface area contributed by atoms with Crippen LogP contribution < -0.4 is 0 Å². The van der Waals surface area contributed by atoms with Crippen LogP contribution >= 0.6 is 0 Å². The minimum Gasteiger partial charge on any atom is -0.477 e. The number of nitrogens with zero attached hydrogens (tertiary/aromatic N) is 2. The highest BCUT2D eigenvalue weighted by molar-refractivity contribution is 5.86. The topological polar surface area (TPSA) is 62.5 Å². The molecule has 1 atom stereocenters. The van der Waals surface area contributed by atoms with Gasteiger partial charge in [-0.2, -0.15) is 0 Å². The highest BCUT2D eigenvalue weighted by atomic mass is 16.4. The number of hydrogen-bond acceptors (Lipinski definition) is 2. The van der Waals surface area contributed by atoms with Gasteiger partial charge in [0, 0.05) is 19.3 Å². The molecule has 1 saturated heterocycles. The maximum Gasteiger partial charge on any atom is 0.352 e. The van der Waals surface area contributed by atoms with E-state index in [1.54, 1.807) is 12.3 Å². The molecule has 1 fully saturated rings. The maximum atomic E-state index is 12.1. The van der Waals surface area contributed by atoms with Gasteiger partial charge in [0.05, 0.1) is 0 Å². The number of amides is 1. The van der Waals surface area contributed by atoms with Crippen LogP contribution in [0.2, 0.25) is 0 Å². The van der Waals surface area contributed by atoms with E-state index in [1.165, 1.54) is 10.6 Å². The van der Waals surface area contributed by atoms with Crippen LogP contribution in [-0.2, 0) is 11.3 Å². The summed E-state index contributed by atoms with van der Waals surface area (Å²) >= 11 is 0. The van der Waals surface area contributed by atoms with Gasteiger partial charge in [0.25, 0.3) is 0 Å². The van der Waals surface area contributed by atoms with Crippen molar-refractivity contribution in [1.82, 2.24) is 9.47 Å². The summed E-state index contributed by atoms with van der Waals surface area (Å²) in [5, 5.41) is 8.97. The molecule has 0 bridgehead atoms. The molecule has 1 N–H and O–H groups in total. The molecular weight excluding hydrogens is 232 g/mol. The van der Waals surface area contributed by atoms with E-state index in [2.05, 4.69) is 6.92 Å². The standard InChI is InChI=1S/C13H18N2O3/c1-10-4-2-7-15(8-10)12(16)9-14-6-3-5-11(14)13(17)18/h3,5-6,10H,2,4,7-9H2,1H3,(H,17,18). The van der Waals surface area contributed by atoms with E-state index in [0.29, 0.717) is 5.92 Å². The van der Waals surface area contributed by atoms with Crippen LogP contribution in [-0.4, -0.2) is 39.5 Å².